The molecule has 1 fully saturated rings. The van der Waals surface area contributed by atoms with E-state index in [1.54, 1.807) is 6.92 Å². The predicted octanol–water partition coefficient (Wildman–Crippen LogP) is 2.60. The van der Waals surface area contributed by atoms with Gasteiger partial charge in [-0.25, -0.2) is 0 Å². The molecule has 0 aliphatic carbocycles. The molecule has 1 saturated heterocycles. The highest BCUT2D eigenvalue weighted by Crippen LogP contribution is 2.29. The first kappa shape index (κ1) is 17.9. The third kappa shape index (κ3) is 3.93. The third-order valence-corrected chi connectivity index (χ3v) is 4.53. The van der Waals surface area contributed by atoms with Crippen LogP contribution in [0, 0.1) is 17.0 Å². The van der Waals surface area contributed by atoms with Gasteiger partial charge in [-0.3, -0.25) is 14.9 Å². The van der Waals surface area contributed by atoms with Gasteiger partial charge in [-0.05, 0) is 26.3 Å². The molecule has 2 heterocycles. The van der Waals surface area contributed by atoms with Gasteiger partial charge in [0.2, 0.25) is 0 Å². The molecule has 0 radical (unpaired) electrons. The Labute approximate surface area is 134 Å². The maximum Gasteiger partial charge on any atom is 0.283 e. The summed E-state index contributed by atoms with van der Waals surface area (Å²) < 4.78 is 0. The fourth-order valence-electron chi connectivity index (χ4n) is 2.50. The topological polar surface area (TPSA) is 75.5 Å². The van der Waals surface area contributed by atoms with Gasteiger partial charge in [-0.1, -0.05) is 6.92 Å². The minimum absolute atomic E-state index is 0. The van der Waals surface area contributed by atoms with E-state index >= 15 is 0 Å². The molecular formula is C13H20ClN3O3S. The molecule has 118 valence electrons. The first-order chi connectivity index (χ1) is 9.54. The van der Waals surface area contributed by atoms with E-state index in [2.05, 4.69) is 5.32 Å². The number of amides is 1. The average Bonchev–Trinajstić information content (AvgIpc) is 3.04. The summed E-state index contributed by atoms with van der Waals surface area (Å²) in [7, 11) is 0. The number of halogens is 1. The minimum Gasteiger partial charge on any atom is -0.334 e. The number of carbonyl (C=O) groups is 1. The highest BCUT2D eigenvalue weighted by molar-refractivity contribution is 7.14. The summed E-state index contributed by atoms with van der Waals surface area (Å²) in [5.74, 6) is -0.0817. The lowest BCUT2D eigenvalue weighted by Gasteiger charge is -2.27. The summed E-state index contributed by atoms with van der Waals surface area (Å²) in [6, 6.07) is 1.61. The third-order valence-electron chi connectivity index (χ3n) is 3.50. The average molecular weight is 334 g/mol. The summed E-state index contributed by atoms with van der Waals surface area (Å²) in [4.78, 5) is 26.0. The van der Waals surface area contributed by atoms with E-state index in [1.165, 1.54) is 17.4 Å². The monoisotopic (exact) mass is 333 g/mol. The van der Waals surface area contributed by atoms with Gasteiger partial charge >= 0.3 is 0 Å². The number of rotatable bonds is 5. The largest absolute Gasteiger partial charge is 0.334 e. The normalized spacial score (nSPS) is 17.3. The van der Waals surface area contributed by atoms with Gasteiger partial charge in [-0.15, -0.1) is 23.7 Å². The van der Waals surface area contributed by atoms with E-state index in [9.17, 15) is 14.9 Å². The quantitative estimate of drug-likeness (QED) is 0.664. The Morgan fingerprint density at radius 2 is 2.33 bits per heavy atom. The van der Waals surface area contributed by atoms with Crippen molar-refractivity contribution < 1.29 is 9.72 Å². The van der Waals surface area contributed by atoms with Crippen LogP contribution in [0.4, 0.5) is 5.69 Å². The second-order valence-corrected chi connectivity index (χ2v) is 6.21. The number of nitrogens with zero attached hydrogens (tertiary/aromatic N) is 2. The SMILES string of the molecule is CCCN(C(=O)c1cc([N+](=O)[O-])c(C)s1)C1CCNC1.Cl. The molecule has 1 amide bonds. The van der Waals surface area contributed by atoms with Gasteiger partial charge in [0.25, 0.3) is 11.6 Å². The zero-order valence-corrected chi connectivity index (χ0v) is 13.8. The molecule has 1 aromatic rings. The smallest absolute Gasteiger partial charge is 0.283 e. The zero-order chi connectivity index (χ0) is 14.7. The second-order valence-electron chi connectivity index (χ2n) is 4.95. The summed E-state index contributed by atoms with van der Waals surface area (Å²) in [5.41, 5.74) is 0.0411. The van der Waals surface area contributed by atoms with Crippen molar-refractivity contribution in [3.8, 4) is 0 Å². The second kappa shape index (κ2) is 7.72. The molecule has 1 aromatic heterocycles. The molecule has 0 aromatic carbocycles. The van der Waals surface area contributed by atoms with Crippen LogP contribution in [0.3, 0.4) is 0 Å². The Bertz CT molecular complexity index is 515. The van der Waals surface area contributed by atoms with Crippen molar-refractivity contribution in [2.45, 2.75) is 32.7 Å². The predicted molar refractivity (Wildman–Crippen MR) is 85.6 cm³/mol. The van der Waals surface area contributed by atoms with E-state index in [4.69, 9.17) is 0 Å². The number of thiophene rings is 1. The number of nitro groups is 1. The van der Waals surface area contributed by atoms with Crippen molar-refractivity contribution in [2.75, 3.05) is 19.6 Å². The Balaban J connectivity index is 0.00000220. The van der Waals surface area contributed by atoms with Crippen LogP contribution in [0.15, 0.2) is 6.07 Å². The van der Waals surface area contributed by atoms with Gasteiger partial charge < -0.3 is 10.2 Å². The van der Waals surface area contributed by atoms with E-state index < -0.39 is 4.92 Å². The summed E-state index contributed by atoms with van der Waals surface area (Å²) >= 11 is 1.21. The maximum absolute atomic E-state index is 12.6. The Hall–Kier alpha value is -1.18. The van der Waals surface area contributed by atoms with Crippen LogP contribution in [0.2, 0.25) is 0 Å². The molecule has 1 aliphatic heterocycles. The molecule has 0 saturated carbocycles. The van der Waals surface area contributed by atoms with Gasteiger partial charge in [0, 0.05) is 25.2 Å². The van der Waals surface area contributed by atoms with Crippen LogP contribution >= 0.6 is 23.7 Å². The van der Waals surface area contributed by atoms with Crippen LogP contribution in [-0.2, 0) is 0 Å². The Kier molecular flexibility index (Phi) is 6.57. The lowest BCUT2D eigenvalue weighted by molar-refractivity contribution is -0.385. The fourth-order valence-corrected chi connectivity index (χ4v) is 3.44. The highest BCUT2D eigenvalue weighted by atomic mass is 35.5. The summed E-state index contributed by atoms with van der Waals surface area (Å²) in [6.07, 6.45) is 1.83. The molecule has 0 spiro atoms. The molecule has 8 heteroatoms. The van der Waals surface area contributed by atoms with Crippen molar-refractivity contribution in [2.24, 2.45) is 0 Å². The lowest BCUT2D eigenvalue weighted by atomic mass is 10.2. The number of nitrogens with one attached hydrogen (secondary N) is 1. The molecule has 2 rings (SSSR count). The van der Waals surface area contributed by atoms with Crippen LogP contribution in [0.5, 0.6) is 0 Å². The van der Waals surface area contributed by atoms with Crippen LogP contribution in [0.1, 0.15) is 34.3 Å². The van der Waals surface area contributed by atoms with Crippen molar-refractivity contribution in [3.63, 3.8) is 0 Å². The first-order valence-corrected chi connectivity index (χ1v) is 7.62. The van der Waals surface area contributed by atoms with Crippen molar-refractivity contribution in [3.05, 3.63) is 25.9 Å². The van der Waals surface area contributed by atoms with Gasteiger partial charge in [0.05, 0.1) is 14.7 Å². The van der Waals surface area contributed by atoms with Gasteiger partial charge in [0.1, 0.15) is 0 Å². The first-order valence-electron chi connectivity index (χ1n) is 6.81. The molecule has 6 nitrogen and oxygen atoms in total. The molecule has 1 atom stereocenters. The fraction of sp³-hybridized carbons (Fsp3) is 0.615. The number of hydrogen-bond donors (Lipinski definition) is 1. The van der Waals surface area contributed by atoms with Crippen LogP contribution in [0.25, 0.3) is 0 Å². The minimum atomic E-state index is -0.427. The van der Waals surface area contributed by atoms with Crippen molar-refractivity contribution in [1.29, 1.82) is 0 Å². The highest BCUT2D eigenvalue weighted by Gasteiger charge is 2.29. The molecule has 21 heavy (non-hydrogen) atoms. The summed E-state index contributed by atoms with van der Waals surface area (Å²) in [6.45, 7) is 6.13. The molecular weight excluding hydrogens is 314 g/mol. The van der Waals surface area contributed by atoms with E-state index in [0.717, 1.165) is 25.9 Å². The van der Waals surface area contributed by atoms with Crippen molar-refractivity contribution >= 4 is 35.3 Å². The molecule has 1 unspecified atom stereocenters. The molecule has 1 N–H and O–H groups in total. The van der Waals surface area contributed by atoms with Crippen molar-refractivity contribution in [1.82, 2.24) is 10.2 Å². The van der Waals surface area contributed by atoms with E-state index in [1.807, 2.05) is 11.8 Å². The Morgan fingerprint density at radius 1 is 1.62 bits per heavy atom. The molecule has 0 bridgehead atoms. The van der Waals surface area contributed by atoms with E-state index in [0.29, 0.717) is 16.3 Å². The lowest BCUT2D eigenvalue weighted by Crippen LogP contribution is -2.41. The summed E-state index contributed by atoms with van der Waals surface area (Å²) in [5, 5.41) is 14.1. The van der Waals surface area contributed by atoms with Gasteiger partial charge in [0.15, 0.2) is 0 Å². The number of aryl methyl sites for hydroxylation is 1. The zero-order valence-electron chi connectivity index (χ0n) is 12.1. The Morgan fingerprint density at radius 3 is 2.81 bits per heavy atom. The maximum atomic E-state index is 12.6. The standard InChI is InChI=1S/C13H19N3O3S.ClH/c1-3-6-15(10-4-5-14-8-10)13(17)12-7-11(16(18)19)9(2)20-12;/h7,10,14H,3-6,8H2,1-2H3;1H. The number of carbonyl (C=O) groups excluding carboxylic acids is 1. The van der Waals surface area contributed by atoms with Crippen LogP contribution < -0.4 is 5.32 Å². The van der Waals surface area contributed by atoms with Crippen LogP contribution in [-0.4, -0.2) is 41.4 Å². The van der Waals surface area contributed by atoms with Gasteiger partial charge in [-0.2, -0.15) is 0 Å². The molecule has 1 aliphatic rings. The number of hydrogen-bond acceptors (Lipinski definition) is 5. The van der Waals surface area contributed by atoms with E-state index in [-0.39, 0.29) is 30.0 Å².